The van der Waals surface area contributed by atoms with Gasteiger partial charge < -0.3 is 15.5 Å². The number of hydrazine groups is 1. The second kappa shape index (κ2) is 8.26. The first-order valence-corrected chi connectivity index (χ1v) is 10.0. The van der Waals surface area contributed by atoms with Crippen molar-refractivity contribution < 1.29 is 4.79 Å². The van der Waals surface area contributed by atoms with Crippen molar-refractivity contribution in [2.75, 3.05) is 24.5 Å². The van der Waals surface area contributed by atoms with Gasteiger partial charge in [-0.2, -0.15) is 0 Å². The third-order valence-corrected chi connectivity index (χ3v) is 5.66. The Labute approximate surface area is 165 Å². The SMILES string of the molecule is NNC(N)c1ccc(N2CCCc3cc(C(=O)N4CCCCC4)cnc32)cc1. The number of amides is 1. The predicted octanol–water partition coefficient (Wildman–Crippen LogP) is 2.21. The van der Waals surface area contributed by atoms with Crippen LogP contribution in [0.1, 0.15) is 53.3 Å². The highest BCUT2D eigenvalue weighted by Gasteiger charge is 2.24. The molecule has 5 N–H and O–H groups in total. The summed E-state index contributed by atoms with van der Waals surface area (Å²) >= 11 is 0. The van der Waals surface area contributed by atoms with Gasteiger partial charge in [-0.1, -0.05) is 12.1 Å². The predicted molar refractivity (Wildman–Crippen MR) is 110 cm³/mol. The summed E-state index contributed by atoms with van der Waals surface area (Å²) in [4.78, 5) is 21.7. The maximum absolute atomic E-state index is 12.8. The van der Waals surface area contributed by atoms with E-state index in [0.717, 1.165) is 67.9 Å². The lowest BCUT2D eigenvalue weighted by molar-refractivity contribution is 0.0724. The topological polar surface area (TPSA) is 101 Å². The second-order valence-corrected chi connectivity index (χ2v) is 7.55. The van der Waals surface area contributed by atoms with Crippen molar-refractivity contribution in [1.29, 1.82) is 0 Å². The number of benzene rings is 1. The number of fused-ring (bicyclic) bond motifs is 1. The molecular formula is C21H28N6O. The number of anilines is 2. The average molecular weight is 380 g/mol. The molecule has 1 amide bonds. The highest BCUT2D eigenvalue weighted by Crippen LogP contribution is 2.32. The Balaban J connectivity index is 1.57. The standard InChI is InChI=1S/C21H28N6O/c22-19(25-23)15-6-8-18(9-7-15)27-12-4-5-16-13-17(14-24-20(16)27)21(28)26-10-2-1-3-11-26/h6-9,13-14,19,25H,1-5,10-12,22-23H2. The molecule has 3 heterocycles. The van der Waals surface area contributed by atoms with Crippen LogP contribution >= 0.6 is 0 Å². The van der Waals surface area contributed by atoms with Gasteiger partial charge in [0.05, 0.1) is 11.7 Å². The maximum atomic E-state index is 12.8. The van der Waals surface area contributed by atoms with Gasteiger partial charge in [0, 0.05) is 31.5 Å². The number of nitrogens with zero attached hydrogens (tertiary/aromatic N) is 3. The third-order valence-electron chi connectivity index (χ3n) is 5.66. The molecule has 0 bridgehead atoms. The van der Waals surface area contributed by atoms with Crippen LogP contribution in [-0.4, -0.2) is 35.4 Å². The maximum Gasteiger partial charge on any atom is 0.255 e. The van der Waals surface area contributed by atoms with Gasteiger partial charge in [-0.25, -0.2) is 10.4 Å². The molecule has 148 valence electrons. The van der Waals surface area contributed by atoms with E-state index in [4.69, 9.17) is 11.6 Å². The third kappa shape index (κ3) is 3.73. The summed E-state index contributed by atoms with van der Waals surface area (Å²) in [6, 6.07) is 10.1. The van der Waals surface area contributed by atoms with Gasteiger partial charge in [0.15, 0.2) is 0 Å². The molecular weight excluding hydrogens is 352 g/mol. The smallest absolute Gasteiger partial charge is 0.255 e. The van der Waals surface area contributed by atoms with E-state index in [2.05, 4.69) is 15.3 Å². The number of carbonyl (C=O) groups excluding carboxylic acids is 1. The Morgan fingerprint density at radius 3 is 2.54 bits per heavy atom. The van der Waals surface area contributed by atoms with Gasteiger partial charge in [0.25, 0.3) is 5.91 Å². The lowest BCUT2D eigenvalue weighted by atomic mass is 10.0. The number of carbonyl (C=O) groups is 1. The number of piperidine rings is 1. The van der Waals surface area contributed by atoms with Crippen molar-refractivity contribution in [2.24, 2.45) is 11.6 Å². The van der Waals surface area contributed by atoms with Gasteiger partial charge >= 0.3 is 0 Å². The molecule has 2 aliphatic rings. The van der Waals surface area contributed by atoms with Crippen molar-refractivity contribution in [1.82, 2.24) is 15.3 Å². The Hall–Kier alpha value is -2.48. The first kappa shape index (κ1) is 18.9. The molecule has 2 aliphatic heterocycles. The highest BCUT2D eigenvalue weighted by molar-refractivity contribution is 5.94. The van der Waals surface area contributed by atoms with Gasteiger partial charge in [0.2, 0.25) is 0 Å². The summed E-state index contributed by atoms with van der Waals surface area (Å²) in [5, 5.41) is 0. The number of likely N-dealkylation sites (tertiary alicyclic amines) is 1. The fraction of sp³-hybridized carbons (Fsp3) is 0.429. The quantitative estimate of drug-likeness (QED) is 0.427. The molecule has 0 spiro atoms. The number of aryl methyl sites for hydroxylation is 1. The molecule has 0 saturated carbocycles. The fourth-order valence-electron chi connectivity index (χ4n) is 4.07. The number of pyridine rings is 1. The Bertz CT molecular complexity index is 831. The molecule has 1 aromatic heterocycles. The molecule has 28 heavy (non-hydrogen) atoms. The number of nitrogens with one attached hydrogen (secondary N) is 1. The van der Waals surface area contributed by atoms with Crippen molar-refractivity contribution >= 4 is 17.4 Å². The molecule has 0 aliphatic carbocycles. The largest absolute Gasteiger partial charge is 0.339 e. The van der Waals surface area contributed by atoms with E-state index in [1.165, 1.54) is 6.42 Å². The normalized spacial score (nSPS) is 17.9. The van der Waals surface area contributed by atoms with E-state index in [1.807, 2.05) is 35.2 Å². The molecule has 1 atom stereocenters. The van der Waals surface area contributed by atoms with Gasteiger partial charge in [-0.15, -0.1) is 0 Å². The molecule has 1 aromatic carbocycles. The second-order valence-electron chi connectivity index (χ2n) is 7.55. The van der Waals surface area contributed by atoms with Crippen molar-refractivity contribution in [3.63, 3.8) is 0 Å². The Kier molecular flexibility index (Phi) is 5.57. The van der Waals surface area contributed by atoms with Crippen molar-refractivity contribution in [3.05, 3.63) is 53.2 Å². The van der Waals surface area contributed by atoms with Crippen LogP contribution in [0.5, 0.6) is 0 Å². The van der Waals surface area contributed by atoms with E-state index >= 15 is 0 Å². The number of nitrogens with two attached hydrogens (primary N) is 2. The average Bonchev–Trinajstić information content (AvgIpc) is 2.78. The summed E-state index contributed by atoms with van der Waals surface area (Å²) in [7, 11) is 0. The van der Waals surface area contributed by atoms with Crippen LogP contribution in [0.15, 0.2) is 36.5 Å². The lowest BCUT2D eigenvalue weighted by Crippen LogP contribution is -2.36. The fourth-order valence-corrected chi connectivity index (χ4v) is 4.07. The number of hydrogen-bond donors (Lipinski definition) is 3. The summed E-state index contributed by atoms with van der Waals surface area (Å²) < 4.78 is 0. The molecule has 1 fully saturated rings. The van der Waals surface area contributed by atoms with Crippen LogP contribution in [0.3, 0.4) is 0 Å². The lowest BCUT2D eigenvalue weighted by Gasteiger charge is -2.31. The first-order chi connectivity index (χ1) is 13.7. The highest BCUT2D eigenvalue weighted by atomic mass is 16.2. The van der Waals surface area contributed by atoms with Crippen LogP contribution < -0.4 is 21.9 Å². The van der Waals surface area contributed by atoms with Gasteiger partial charge in [0.1, 0.15) is 5.82 Å². The number of rotatable bonds is 4. The number of hydrogen-bond acceptors (Lipinski definition) is 6. The summed E-state index contributed by atoms with van der Waals surface area (Å²) in [6.07, 6.45) is 6.73. The minimum absolute atomic E-state index is 0.111. The summed E-state index contributed by atoms with van der Waals surface area (Å²) in [6.45, 7) is 2.61. The zero-order valence-electron chi connectivity index (χ0n) is 16.1. The minimum atomic E-state index is -0.385. The van der Waals surface area contributed by atoms with Crippen LogP contribution in [0.2, 0.25) is 0 Å². The summed E-state index contributed by atoms with van der Waals surface area (Å²) in [5.41, 5.74) is 12.3. The van der Waals surface area contributed by atoms with E-state index in [1.54, 1.807) is 6.20 Å². The molecule has 4 rings (SSSR count). The zero-order valence-corrected chi connectivity index (χ0v) is 16.1. The van der Waals surface area contributed by atoms with E-state index < -0.39 is 0 Å². The van der Waals surface area contributed by atoms with Crippen LogP contribution in [0.25, 0.3) is 0 Å². The molecule has 1 saturated heterocycles. The molecule has 2 aromatic rings. The first-order valence-electron chi connectivity index (χ1n) is 10.0. The van der Waals surface area contributed by atoms with Crippen LogP contribution in [0, 0.1) is 0 Å². The molecule has 7 heteroatoms. The van der Waals surface area contributed by atoms with Crippen LogP contribution in [-0.2, 0) is 6.42 Å². The van der Waals surface area contributed by atoms with E-state index in [-0.39, 0.29) is 12.1 Å². The molecule has 1 unspecified atom stereocenters. The Morgan fingerprint density at radius 1 is 1.07 bits per heavy atom. The zero-order chi connectivity index (χ0) is 19.5. The number of aromatic nitrogens is 1. The van der Waals surface area contributed by atoms with E-state index in [9.17, 15) is 4.79 Å². The van der Waals surface area contributed by atoms with E-state index in [0.29, 0.717) is 5.56 Å². The van der Waals surface area contributed by atoms with Gasteiger partial charge in [-0.3, -0.25) is 10.6 Å². The van der Waals surface area contributed by atoms with Gasteiger partial charge in [-0.05, 0) is 61.4 Å². The molecule has 7 nitrogen and oxygen atoms in total. The van der Waals surface area contributed by atoms with Crippen LogP contribution in [0.4, 0.5) is 11.5 Å². The minimum Gasteiger partial charge on any atom is -0.339 e. The summed E-state index contributed by atoms with van der Waals surface area (Å²) in [5.74, 6) is 6.47. The molecule has 0 radical (unpaired) electrons. The van der Waals surface area contributed by atoms with Crippen molar-refractivity contribution in [3.8, 4) is 0 Å². The van der Waals surface area contributed by atoms with Crippen molar-refractivity contribution in [2.45, 2.75) is 38.3 Å². The monoisotopic (exact) mass is 380 g/mol. The Morgan fingerprint density at radius 2 is 1.82 bits per heavy atom.